The molecule has 5 N–H and O–H groups in total. The van der Waals surface area contributed by atoms with Crippen molar-refractivity contribution in [3.63, 3.8) is 0 Å². The molecule has 0 heterocycles. The molecule has 0 saturated carbocycles. The number of rotatable bonds is 5. The molecule has 0 bridgehead atoms. The highest BCUT2D eigenvalue weighted by atomic mass is 32.2. The number of primary sulfonamides is 2. The first-order chi connectivity index (χ1) is 7.70. The van der Waals surface area contributed by atoms with Crippen molar-refractivity contribution < 1.29 is 16.8 Å². The predicted octanol–water partition coefficient (Wildman–Crippen LogP) is -0.966. The summed E-state index contributed by atoms with van der Waals surface area (Å²) in [5.74, 6) is -0.300. The fourth-order valence-electron chi connectivity index (χ4n) is 1.19. The van der Waals surface area contributed by atoms with Crippen molar-refractivity contribution in [1.29, 1.82) is 0 Å². The largest absolute Gasteiger partial charge is 0.383 e. The first-order valence-corrected chi connectivity index (χ1v) is 7.82. The Labute approximate surface area is 99.9 Å². The first kappa shape index (κ1) is 13.9. The van der Waals surface area contributed by atoms with E-state index in [-0.39, 0.29) is 22.9 Å². The van der Waals surface area contributed by atoms with Crippen LogP contribution in [0.2, 0.25) is 0 Å². The van der Waals surface area contributed by atoms with Crippen LogP contribution >= 0.6 is 0 Å². The lowest BCUT2D eigenvalue weighted by molar-refractivity contribution is 0.597. The molecule has 0 radical (unpaired) electrons. The molecule has 1 aromatic carbocycles. The minimum Gasteiger partial charge on any atom is -0.383 e. The fraction of sp³-hybridized carbons (Fsp3) is 0.250. The smallest absolute Gasteiger partial charge is 0.240 e. The maximum absolute atomic E-state index is 11.2. The molecule has 96 valence electrons. The summed E-state index contributed by atoms with van der Waals surface area (Å²) in [5, 5.41) is 12.5. The lowest BCUT2D eigenvalue weighted by atomic mass is 10.3. The Morgan fingerprint density at radius 3 is 2.18 bits per heavy atom. The zero-order valence-electron chi connectivity index (χ0n) is 8.83. The number of sulfonamides is 2. The second-order valence-corrected chi connectivity index (χ2v) is 6.60. The average Bonchev–Trinajstić information content (AvgIpc) is 2.15. The van der Waals surface area contributed by atoms with E-state index in [1.807, 2.05) is 0 Å². The van der Waals surface area contributed by atoms with Crippen molar-refractivity contribution in [3.05, 3.63) is 24.3 Å². The number of nitrogens with two attached hydrogens (primary N) is 2. The Morgan fingerprint density at radius 2 is 1.65 bits per heavy atom. The Bertz CT molecular complexity index is 595. The van der Waals surface area contributed by atoms with Crippen LogP contribution in [0.3, 0.4) is 0 Å². The van der Waals surface area contributed by atoms with Crippen molar-refractivity contribution in [2.45, 2.75) is 4.90 Å². The van der Waals surface area contributed by atoms with Gasteiger partial charge in [0.25, 0.3) is 0 Å². The molecule has 0 aliphatic rings. The van der Waals surface area contributed by atoms with Crippen molar-refractivity contribution in [3.8, 4) is 0 Å². The van der Waals surface area contributed by atoms with Gasteiger partial charge in [0.05, 0.1) is 11.4 Å². The van der Waals surface area contributed by atoms with Crippen LogP contribution in [0.15, 0.2) is 29.2 Å². The van der Waals surface area contributed by atoms with Gasteiger partial charge in [-0.2, -0.15) is 0 Å². The number of nitrogens with one attached hydrogen (secondary N) is 1. The third kappa shape index (κ3) is 4.69. The summed E-state index contributed by atoms with van der Waals surface area (Å²) in [6.45, 7) is 0.00532. The van der Waals surface area contributed by atoms with Gasteiger partial charge in [-0.05, 0) is 12.1 Å². The third-order valence-corrected chi connectivity index (χ3v) is 3.64. The summed E-state index contributed by atoms with van der Waals surface area (Å²) in [5.41, 5.74) is 0.249. The van der Waals surface area contributed by atoms with E-state index in [0.29, 0.717) is 0 Å². The zero-order chi connectivity index (χ0) is 13.1. The second kappa shape index (κ2) is 5.00. The summed E-state index contributed by atoms with van der Waals surface area (Å²) < 4.78 is 43.8. The SMILES string of the molecule is NS(=O)(=O)CCNc1ccccc1S(N)(=O)=O. The molecule has 0 aliphatic carbocycles. The van der Waals surface area contributed by atoms with Gasteiger partial charge in [0.15, 0.2) is 0 Å². The normalized spacial score (nSPS) is 12.4. The summed E-state index contributed by atoms with van der Waals surface area (Å²) in [6, 6.07) is 5.94. The van der Waals surface area contributed by atoms with Crippen LogP contribution in [0.5, 0.6) is 0 Å². The summed E-state index contributed by atoms with van der Waals surface area (Å²) >= 11 is 0. The lowest BCUT2D eigenvalue weighted by Crippen LogP contribution is -2.23. The molecule has 0 amide bonds. The number of hydrogen-bond acceptors (Lipinski definition) is 5. The van der Waals surface area contributed by atoms with Gasteiger partial charge in [0.2, 0.25) is 20.0 Å². The van der Waals surface area contributed by atoms with Gasteiger partial charge in [0.1, 0.15) is 4.90 Å². The topological polar surface area (TPSA) is 132 Å². The Hall–Kier alpha value is -1.16. The van der Waals surface area contributed by atoms with E-state index in [0.717, 1.165) is 0 Å². The van der Waals surface area contributed by atoms with E-state index < -0.39 is 20.0 Å². The van der Waals surface area contributed by atoms with Crippen LogP contribution in [-0.4, -0.2) is 29.1 Å². The Balaban J connectivity index is 2.86. The maximum Gasteiger partial charge on any atom is 0.240 e. The van der Waals surface area contributed by atoms with Crippen molar-refractivity contribution >= 4 is 25.7 Å². The second-order valence-electron chi connectivity index (χ2n) is 3.33. The molecular formula is C8H13N3O4S2. The third-order valence-electron chi connectivity index (χ3n) is 1.90. The van der Waals surface area contributed by atoms with Crippen LogP contribution in [-0.2, 0) is 20.0 Å². The number of anilines is 1. The molecule has 1 aromatic rings. The quantitative estimate of drug-likeness (QED) is 0.638. The highest BCUT2D eigenvalue weighted by Gasteiger charge is 2.13. The first-order valence-electron chi connectivity index (χ1n) is 4.56. The molecule has 0 aromatic heterocycles. The van der Waals surface area contributed by atoms with Gasteiger partial charge < -0.3 is 5.32 Å². The van der Waals surface area contributed by atoms with Gasteiger partial charge in [-0.25, -0.2) is 27.1 Å². The molecule has 1 rings (SSSR count). The van der Waals surface area contributed by atoms with Crippen molar-refractivity contribution in [1.82, 2.24) is 0 Å². The van der Waals surface area contributed by atoms with Crippen molar-refractivity contribution in [2.75, 3.05) is 17.6 Å². The van der Waals surface area contributed by atoms with E-state index in [2.05, 4.69) is 5.32 Å². The number of benzene rings is 1. The average molecular weight is 279 g/mol. The molecule has 0 aliphatic heterocycles. The highest BCUT2D eigenvalue weighted by molar-refractivity contribution is 7.89. The summed E-state index contributed by atoms with van der Waals surface area (Å²) in [4.78, 5) is -0.0885. The van der Waals surface area contributed by atoms with E-state index in [1.165, 1.54) is 18.2 Å². The van der Waals surface area contributed by atoms with Crippen LogP contribution in [0.25, 0.3) is 0 Å². The van der Waals surface area contributed by atoms with Gasteiger partial charge >= 0.3 is 0 Å². The van der Waals surface area contributed by atoms with Crippen LogP contribution in [0.4, 0.5) is 5.69 Å². The molecule has 17 heavy (non-hydrogen) atoms. The molecule has 9 heteroatoms. The van der Waals surface area contributed by atoms with Gasteiger partial charge in [0, 0.05) is 6.54 Å². The van der Waals surface area contributed by atoms with Gasteiger partial charge in [-0.3, -0.25) is 0 Å². The van der Waals surface area contributed by atoms with E-state index in [9.17, 15) is 16.8 Å². The minimum atomic E-state index is -3.84. The van der Waals surface area contributed by atoms with E-state index >= 15 is 0 Å². The molecule has 0 spiro atoms. The predicted molar refractivity (Wildman–Crippen MR) is 64.3 cm³/mol. The van der Waals surface area contributed by atoms with Crippen LogP contribution in [0, 0.1) is 0 Å². The van der Waals surface area contributed by atoms with Crippen molar-refractivity contribution in [2.24, 2.45) is 10.3 Å². The van der Waals surface area contributed by atoms with E-state index in [4.69, 9.17) is 10.3 Å². The maximum atomic E-state index is 11.2. The lowest BCUT2D eigenvalue weighted by Gasteiger charge is -2.09. The van der Waals surface area contributed by atoms with Crippen LogP contribution in [0.1, 0.15) is 0 Å². The van der Waals surface area contributed by atoms with Gasteiger partial charge in [-0.15, -0.1) is 0 Å². The number of hydrogen-bond donors (Lipinski definition) is 3. The highest BCUT2D eigenvalue weighted by Crippen LogP contribution is 2.18. The monoisotopic (exact) mass is 279 g/mol. The molecule has 0 fully saturated rings. The molecular weight excluding hydrogens is 266 g/mol. The summed E-state index contributed by atoms with van der Waals surface area (Å²) in [7, 11) is -7.43. The number of para-hydroxylation sites is 1. The Morgan fingerprint density at radius 1 is 1.06 bits per heavy atom. The van der Waals surface area contributed by atoms with E-state index in [1.54, 1.807) is 6.07 Å². The molecule has 0 unspecified atom stereocenters. The van der Waals surface area contributed by atoms with Gasteiger partial charge in [-0.1, -0.05) is 12.1 Å². The summed E-state index contributed by atoms with van der Waals surface area (Å²) in [6.07, 6.45) is 0. The van der Waals surface area contributed by atoms with Crippen LogP contribution < -0.4 is 15.6 Å². The Kier molecular flexibility index (Phi) is 4.09. The molecule has 7 nitrogen and oxygen atoms in total. The molecule has 0 atom stereocenters. The zero-order valence-corrected chi connectivity index (χ0v) is 10.5. The minimum absolute atomic E-state index is 0.00532. The fourth-order valence-corrected chi connectivity index (χ4v) is 2.29. The molecule has 0 saturated heterocycles. The standard InChI is InChI=1S/C8H13N3O4S2/c9-16(12,13)6-5-11-7-3-1-2-4-8(7)17(10,14)15/h1-4,11H,5-6H2,(H2,9,12,13)(H2,10,14,15).